The number of benzene rings is 1. The van der Waals surface area contributed by atoms with Crippen LogP contribution in [0.1, 0.15) is 5.56 Å². The van der Waals surface area contributed by atoms with E-state index in [2.05, 4.69) is 19.7 Å². The fourth-order valence-corrected chi connectivity index (χ4v) is 1.11. The van der Waals surface area contributed by atoms with Gasteiger partial charge in [-0.3, -0.25) is 0 Å². The molecule has 0 aliphatic carbocycles. The van der Waals surface area contributed by atoms with E-state index in [0.29, 0.717) is 11.5 Å². The summed E-state index contributed by atoms with van der Waals surface area (Å²) >= 11 is 0. The van der Waals surface area contributed by atoms with Crippen molar-refractivity contribution in [2.45, 2.75) is 0 Å². The Morgan fingerprint density at radius 3 is 1.79 bits per heavy atom. The van der Waals surface area contributed by atoms with Crippen LogP contribution < -0.4 is 9.47 Å². The summed E-state index contributed by atoms with van der Waals surface area (Å²) in [5.41, 5.74) is 0.785. The molecule has 0 aliphatic heterocycles. The summed E-state index contributed by atoms with van der Waals surface area (Å²) in [7, 11) is 0. The summed E-state index contributed by atoms with van der Waals surface area (Å²) in [5.74, 6) is 1.32. The molecular formula is C12H12O2. The summed E-state index contributed by atoms with van der Waals surface area (Å²) in [5, 5.41) is 0. The van der Waals surface area contributed by atoms with Crippen LogP contribution >= 0.6 is 0 Å². The predicted molar refractivity (Wildman–Crippen MR) is 58.2 cm³/mol. The second kappa shape index (κ2) is 4.92. The van der Waals surface area contributed by atoms with E-state index >= 15 is 0 Å². The minimum atomic E-state index is 0.661. The van der Waals surface area contributed by atoms with E-state index in [9.17, 15) is 0 Å². The van der Waals surface area contributed by atoms with Crippen molar-refractivity contribution in [1.82, 2.24) is 0 Å². The van der Waals surface area contributed by atoms with Crippen molar-refractivity contribution in [2.75, 3.05) is 0 Å². The molecule has 0 aromatic heterocycles. The first kappa shape index (κ1) is 10.1. The first-order valence-electron chi connectivity index (χ1n) is 4.14. The summed E-state index contributed by atoms with van der Waals surface area (Å²) in [6.45, 7) is 10.7. The van der Waals surface area contributed by atoms with Gasteiger partial charge in [-0.15, -0.1) is 0 Å². The summed E-state index contributed by atoms with van der Waals surface area (Å²) in [6.07, 6.45) is 4.39. The second-order valence-corrected chi connectivity index (χ2v) is 2.44. The largest absolute Gasteiger partial charge is 0.465 e. The monoisotopic (exact) mass is 188 g/mol. The van der Waals surface area contributed by atoms with Crippen molar-refractivity contribution >= 4 is 6.08 Å². The van der Waals surface area contributed by atoms with Gasteiger partial charge in [0.1, 0.15) is 11.5 Å². The maximum absolute atomic E-state index is 5.19. The van der Waals surface area contributed by atoms with Crippen LogP contribution in [0.2, 0.25) is 0 Å². The quantitative estimate of drug-likeness (QED) is 0.659. The lowest BCUT2D eigenvalue weighted by atomic mass is 10.2. The van der Waals surface area contributed by atoms with E-state index in [4.69, 9.17) is 9.47 Å². The average molecular weight is 188 g/mol. The number of hydrogen-bond donors (Lipinski definition) is 0. The Hall–Kier alpha value is -1.96. The molecule has 0 spiro atoms. The Kier molecular flexibility index (Phi) is 3.56. The lowest BCUT2D eigenvalue weighted by molar-refractivity contribution is 0.458. The smallest absolute Gasteiger partial charge is 0.137 e. The number of hydrogen-bond acceptors (Lipinski definition) is 2. The minimum absolute atomic E-state index is 0.661. The van der Waals surface area contributed by atoms with Crippen LogP contribution in [-0.4, -0.2) is 0 Å². The van der Waals surface area contributed by atoms with Crippen LogP contribution in [0.15, 0.2) is 50.5 Å². The van der Waals surface area contributed by atoms with E-state index < -0.39 is 0 Å². The van der Waals surface area contributed by atoms with Gasteiger partial charge in [-0.05, 0) is 12.1 Å². The van der Waals surface area contributed by atoms with E-state index in [-0.39, 0.29) is 0 Å². The molecule has 0 atom stereocenters. The van der Waals surface area contributed by atoms with Crippen molar-refractivity contribution in [2.24, 2.45) is 0 Å². The van der Waals surface area contributed by atoms with Gasteiger partial charge in [0.15, 0.2) is 0 Å². The molecule has 2 nitrogen and oxygen atoms in total. The fourth-order valence-electron chi connectivity index (χ4n) is 1.11. The highest BCUT2D eigenvalue weighted by molar-refractivity contribution is 5.63. The van der Waals surface area contributed by atoms with Gasteiger partial charge in [-0.1, -0.05) is 31.9 Å². The zero-order valence-electron chi connectivity index (χ0n) is 7.90. The highest BCUT2D eigenvalue weighted by Crippen LogP contribution is 2.29. The van der Waals surface area contributed by atoms with Crippen molar-refractivity contribution in [3.05, 3.63) is 56.0 Å². The first-order valence-corrected chi connectivity index (χ1v) is 4.14. The van der Waals surface area contributed by atoms with Crippen LogP contribution in [0.3, 0.4) is 0 Å². The van der Waals surface area contributed by atoms with Crippen LogP contribution in [-0.2, 0) is 0 Å². The van der Waals surface area contributed by atoms with Gasteiger partial charge in [-0.25, -0.2) is 0 Å². The van der Waals surface area contributed by atoms with Crippen molar-refractivity contribution in [1.29, 1.82) is 0 Å². The molecule has 0 fully saturated rings. The van der Waals surface area contributed by atoms with Gasteiger partial charge in [-0.2, -0.15) is 0 Å². The third-order valence-corrected chi connectivity index (χ3v) is 1.65. The van der Waals surface area contributed by atoms with Crippen molar-refractivity contribution in [3.8, 4) is 11.5 Å². The third-order valence-electron chi connectivity index (χ3n) is 1.65. The molecule has 1 aromatic carbocycles. The standard InChI is InChI=1S/C12H12O2/c1-4-10-11(13-5-2)8-7-9-12(10)14-6-3/h4-9H,1-3H2. The summed E-state index contributed by atoms with van der Waals surface area (Å²) in [6, 6.07) is 5.45. The Morgan fingerprint density at radius 2 is 1.43 bits per heavy atom. The maximum Gasteiger partial charge on any atom is 0.137 e. The van der Waals surface area contributed by atoms with E-state index in [0.717, 1.165) is 5.56 Å². The van der Waals surface area contributed by atoms with Gasteiger partial charge in [0.05, 0.1) is 18.1 Å². The zero-order chi connectivity index (χ0) is 10.4. The van der Waals surface area contributed by atoms with Crippen LogP contribution in [0.25, 0.3) is 6.08 Å². The molecule has 1 rings (SSSR count). The first-order chi connectivity index (χ1) is 6.83. The molecular weight excluding hydrogens is 176 g/mol. The third kappa shape index (κ3) is 2.04. The van der Waals surface area contributed by atoms with Crippen molar-refractivity contribution in [3.63, 3.8) is 0 Å². The zero-order valence-corrected chi connectivity index (χ0v) is 7.90. The molecule has 0 radical (unpaired) electrons. The summed E-state index contributed by atoms with van der Waals surface area (Å²) < 4.78 is 10.4. The maximum atomic E-state index is 5.19. The van der Waals surface area contributed by atoms with Gasteiger partial charge in [0, 0.05) is 0 Å². The summed E-state index contributed by atoms with van der Waals surface area (Å²) in [4.78, 5) is 0. The molecule has 0 heterocycles. The Bertz CT molecular complexity index is 325. The van der Waals surface area contributed by atoms with Crippen LogP contribution in [0.5, 0.6) is 11.5 Å². The van der Waals surface area contributed by atoms with Gasteiger partial charge < -0.3 is 9.47 Å². The second-order valence-electron chi connectivity index (χ2n) is 2.44. The Balaban J connectivity index is 3.16. The molecule has 0 bridgehead atoms. The van der Waals surface area contributed by atoms with E-state index in [1.54, 1.807) is 6.08 Å². The molecule has 0 N–H and O–H groups in total. The highest BCUT2D eigenvalue weighted by atomic mass is 16.5. The number of ether oxygens (including phenoxy) is 2. The van der Waals surface area contributed by atoms with Crippen molar-refractivity contribution < 1.29 is 9.47 Å². The molecule has 72 valence electrons. The normalized spacial score (nSPS) is 8.86. The average Bonchev–Trinajstić information content (AvgIpc) is 2.19. The Morgan fingerprint density at radius 1 is 0.929 bits per heavy atom. The van der Waals surface area contributed by atoms with E-state index in [1.165, 1.54) is 12.5 Å². The highest BCUT2D eigenvalue weighted by Gasteiger charge is 2.05. The SMILES string of the molecule is C=COc1cccc(OC=C)c1C=C. The molecule has 1 aromatic rings. The van der Waals surface area contributed by atoms with Crippen LogP contribution in [0.4, 0.5) is 0 Å². The van der Waals surface area contributed by atoms with Gasteiger partial charge >= 0.3 is 0 Å². The van der Waals surface area contributed by atoms with E-state index in [1.807, 2.05) is 18.2 Å². The molecule has 14 heavy (non-hydrogen) atoms. The predicted octanol–water partition coefficient (Wildman–Crippen LogP) is 3.37. The van der Waals surface area contributed by atoms with Gasteiger partial charge in [0.2, 0.25) is 0 Å². The topological polar surface area (TPSA) is 18.5 Å². The molecule has 0 amide bonds. The van der Waals surface area contributed by atoms with Crippen LogP contribution in [0, 0.1) is 0 Å². The lowest BCUT2D eigenvalue weighted by Gasteiger charge is -2.08. The minimum Gasteiger partial charge on any atom is -0.465 e. The lowest BCUT2D eigenvalue weighted by Crippen LogP contribution is -1.89. The number of rotatable bonds is 5. The molecule has 0 aliphatic rings. The Labute approximate surface area is 83.8 Å². The molecule has 2 heteroatoms. The fraction of sp³-hybridized carbons (Fsp3) is 0. The molecule has 0 unspecified atom stereocenters. The molecule has 0 saturated heterocycles. The van der Waals surface area contributed by atoms with Gasteiger partial charge in [0.25, 0.3) is 0 Å². The molecule has 0 saturated carbocycles.